The van der Waals surface area contributed by atoms with E-state index in [0.29, 0.717) is 5.69 Å². The van der Waals surface area contributed by atoms with Crippen molar-refractivity contribution in [2.75, 3.05) is 23.9 Å². The fourth-order valence-electron chi connectivity index (χ4n) is 4.74. The molecule has 0 radical (unpaired) electrons. The molecule has 7 nitrogen and oxygen atoms in total. The first-order chi connectivity index (χ1) is 17.2. The summed E-state index contributed by atoms with van der Waals surface area (Å²) in [7, 11) is 1.31. The van der Waals surface area contributed by atoms with Gasteiger partial charge in [-0.1, -0.05) is 44.5 Å². The molecule has 0 fully saturated rings. The molecule has 4 rings (SSSR count). The van der Waals surface area contributed by atoms with Gasteiger partial charge in [0.05, 0.1) is 12.8 Å². The lowest BCUT2D eigenvalue weighted by atomic mass is 9.76. The zero-order valence-electron chi connectivity index (χ0n) is 21.7. The van der Waals surface area contributed by atoms with Gasteiger partial charge in [0.1, 0.15) is 12.1 Å². The van der Waals surface area contributed by atoms with Crippen molar-refractivity contribution < 1.29 is 9.53 Å². The number of rotatable bonds is 7. The van der Waals surface area contributed by atoms with Crippen LogP contribution in [-0.2, 0) is 24.1 Å². The van der Waals surface area contributed by atoms with Gasteiger partial charge in [0.2, 0.25) is 0 Å². The van der Waals surface area contributed by atoms with Crippen LogP contribution in [0.25, 0.3) is 11.1 Å². The second kappa shape index (κ2) is 10.8. The zero-order valence-corrected chi connectivity index (χ0v) is 22.4. The van der Waals surface area contributed by atoms with E-state index in [0.717, 1.165) is 55.7 Å². The van der Waals surface area contributed by atoms with Crippen LogP contribution < -0.4 is 10.2 Å². The van der Waals surface area contributed by atoms with Gasteiger partial charge in [-0.05, 0) is 66.8 Å². The Morgan fingerprint density at radius 3 is 2.75 bits per heavy atom. The number of carbonyl (C=O) groups excluding carboxylic acids is 1. The van der Waals surface area contributed by atoms with Gasteiger partial charge in [-0.3, -0.25) is 5.32 Å². The van der Waals surface area contributed by atoms with Crippen molar-refractivity contribution in [1.82, 2.24) is 15.0 Å². The van der Waals surface area contributed by atoms with Crippen LogP contribution in [0.15, 0.2) is 36.8 Å². The third kappa shape index (κ3) is 5.78. The summed E-state index contributed by atoms with van der Waals surface area (Å²) in [6.07, 6.45) is 6.99. The summed E-state index contributed by atoms with van der Waals surface area (Å²) in [6, 6.07) is 8.18. The van der Waals surface area contributed by atoms with E-state index < -0.39 is 6.09 Å². The number of halogens is 1. The van der Waals surface area contributed by atoms with Crippen LogP contribution in [0.1, 0.15) is 56.0 Å². The third-order valence-corrected chi connectivity index (χ3v) is 7.10. The molecule has 0 unspecified atom stereocenters. The molecule has 0 atom stereocenters. The van der Waals surface area contributed by atoms with Crippen molar-refractivity contribution in [3.63, 3.8) is 0 Å². The van der Waals surface area contributed by atoms with Gasteiger partial charge in [-0.25, -0.2) is 19.7 Å². The minimum atomic E-state index is -0.591. The van der Waals surface area contributed by atoms with E-state index in [-0.39, 0.29) is 10.6 Å². The number of pyridine rings is 1. The largest absolute Gasteiger partial charge is 0.453 e. The highest BCUT2D eigenvalue weighted by Gasteiger charge is 2.30. The minimum absolute atomic E-state index is 0.210. The van der Waals surface area contributed by atoms with E-state index in [2.05, 4.69) is 66.1 Å². The maximum Gasteiger partial charge on any atom is 0.411 e. The number of carbonyl (C=O) groups is 1. The first-order valence-corrected chi connectivity index (χ1v) is 12.8. The number of methoxy groups -OCH3 is 1. The average Bonchev–Trinajstić information content (AvgIpc) is 2.85. The highest BCUT2D eigenvalue weighted by Crippen LogP contribution is 2.38. The number of hydrogen-bond acceptors (Lipinski definition) is 6. The van der Waals surface area contributed by atoms with Crippen LogP contribution in [0, 0.1) is 12.3 Å². The lowest BCUT2D eigenvalue weighted by Crippen LogP contribution is -2.30. The molecule has 0 spiro atoms. The van der Waals surface area contributed by atoms with Gasteiger partial charge < -0.3 is 9.64 Å². The quantitative estimate of drug-likeness (QED) is 0.362. The first kappa shape index (κ1) is 25.9. The van der Waals surface area contributed by atoms with Crippen LogP contribution in [0.3, 0.4) is 0 Å². The van der Waals surface area contributed by atoms with Gasteiger partial charge in [-0.2, -0.15) is 0 Å². The Labute approximate surface area is 218 Å². The van der Waals surface area contributed by atoms with Gasteiger partial charge in [-0.15, -0.1) is 0 Å². The smallest absolute Gasteiger partial charge is 0.411 e. The third-order valence-electron chi connectivity index (χ3n) is 6.80. The molecule has 1 aliphatic carbocycles. The number of ether oxygens (including phenoxy) is 1. The fourth-order valence-corrected chi connectivity index (χ4v) is 4.89. The first-order valence-electron chi connectivity index (χ1n) is 12.4. The van der Waals surface area contributed by atoms with Crippen LogP contribution in [0.2, 0.25) is 5.15 Å². The maximum atomic E-state index is 11.7. The Balaban J connectivity index is 1.67. The van der Waals surface area contributed by atoms with Crippen LogP contribution in [0.5, 0.6) is 0 Å². The van der Waals surface area contributed by atoms with Gasteiger partial charge in [0, 0.05) is 36.1 Å². The Hall–Kier alpha value is -3.19. The molecular formula is C28H34ClN5O2. The Bertz CT molecular complexity index is 1260. The van der Waals surface area contributed by atoms with E-state index in [1.165, 1.54) is 29.5 Å². The molecule has 2 aromatic heterocycles. The molecule has 1 aromatic carbocycles. The fraction of sp³-hybridized carbons (Fsp3) is 0.429. The van der Waals surface area contributed by atoms with Crippen molar-refractivity contribution in [2.24, 2.45) is 5.41 Å². The molecule has 190 valence electrons. The SMILES string of the molecule is CCCN(Cc1cc(-c2cnc(Cl)c(NC(=O)OC)c2)ccc1C)c1ncnc2c1CC(C)(C)CC2. The summed E-state index contributed by atoms with van der Waals surface area (Å²) in [5.74, 6) is 1.05. The van der Waals surface area contributed by atoms with Crippen LogP contribution in [0.4, 0.5) is 16.3 Å². The van der Waals surface area contributed by atoms with E-state index in [9.17, 15) is 4.79 Å². The molecule has 1 aliphatic rings. The number of benzene rings is 1. The number of fused-ring (bicyclic) bond motifs is 1. The molecule has 36 heavy (non-hydrogen) atoms. The summed E-state index contributed by atoms with van der Waals surface area (Å²) in [5.41, 5.74) is 7.40. The number of aromatic nitrogens is 3. The Morgan fingerprint density at radius 2 is 2.00 bits per heavy atom. The number of nitrogens with one attached hydrogen (secondary N) is 1. The van der Waals surface area contributed by atoms with E-state index >= 15 is 0 Å². The molecule has 2 heterocycles. The number of hydrogen-bond donors (Lipinski definition) is 1. The molecule has 3 aromatic rings. The molecule has 0 bridgehead atoms. The summed E-state index contributed by atoms with van der Waals surface area (Å²) in [5, 5.41) is 2.83. The summed E-state index contributed by atoms with van der Waals surface area (Å²) >= 11 is 6.19. The minimum Gasteiger partial charge on any atom is -0.453 e. The molecule has 1 amide bonds. The Morgan fingerprint density at radius 1 is 1.19 bits per heavy atom. The maximum absolute atomic E-state index is 11.7. The predicted molar refractivity (Wildman–Crippen MR) is 145 cm³/mol. The van der Waals surface area contributed by atoms with Gasteiger partial charge in [0.25, 0.3) is 0 Å². The zero-order chi connectivity index (χ0) is 25.9. The Kier molecular flexibility index (Phi) is 7.79. The normalized spacial score (nSPS) is 14.2. The predicted octanol–water partition coefficient (Wildman–Crippen LogP) is 6.61. The molecule has 8 heteroatoms. The van der Waals surface area contributed by atoms with Gasteiger partial charge in [0.15, 0.2) is 5.15 Å². The average molecular weight is 508 g/mol. The van der Waals surface area contributed by atoms with Crippen molar-refractivity contribution in [3.05, 3.63) is 64.3 Å². The molecule has 0 saturated carbocycles. The standard InChI is InChI=1S/C28H34ClN5O2/c1-6-11-34(26-22-14-28(3,4)10-9-23(22)31-17-32-26)16-21-12-19(8-7-18(21)2)20-13-24(25(29)30-15-20)33-27(35)36-5/h7-8,12-13,15,17H,6,9-11,14,16H2,1-5H3,(H,33,35). The number of aryl methyl sites for hydroxylation is 2. The van der Waals surface area contributed by atoms with Crippen molar-refractivity contribution >= 4 is 29.2 Å². The molecule has 0 aliphatic heterocycles. The highest BCUT2D eigenvalue weighted by atomic mass is 35.5. The van der Waals surface area contributed by atoms with Crippen molar-refractivity contribution in [3.8, 4) is 11.1 Å². The van der Waals surface area contributed by atoms with E-state index in [1.54, 1.807) is 12.5 Å². The second-order valence-corrected chi connectivity index (χ2v) is 10.6. The number of amides is 1. The second-order valence-electron chi connectivity index (χ2n) is 10.2. The number of nitrogens with zero attached hydrogens (tertiary/aromatic N) is 4. The lowest BCUT2D eigenvalue weighted by molar-refractivity contribution is 0.187. The molecule has 1 N–H and O–H groups in total. The monoisotopic (exact) mass is 507 g/mol. The lowest BCUT2D eigenvalue weighted by Gasteiger charge is -2.34. The van der Waals surface area contributed by atoms with E-state index in [1.807, 2.05) is 6.07 Å². The van der Waals surface area contributed by atoms with Crippen LogP contribution in [-0.4, -0.2) is 34.7 Å². The van der Waals surface area contributed by atoms with Crippen molar-refractivity contribution in [1.29, 1.82) is 0 Å². The van der Waals surface area contributed by atoms with Gasteiger partial charge >= 0.3 is 6.09 Å². The van der Waals surface area contributed by atoms with Crippen molar-refractivity contribution in [2.45, 2.75) is 59.9 Å². The summed E-state index contributed by atoms with van der Waals surface area (Å²) in [6.45, 7) is 10.6. The highest BCUT2D eigenvalue weighted by molar-refractivity contribution is 6.32. The summed E-state index contributed by atoms with van der Waals surface area (Å²) < 4.78 is 4.70. The molecular weight excluding hydrogens is 474 g/mol. The molecule has 0 saturated heterocycles. The summed E-state index contributed by atoms with van der Waals surface area (Å²) in [4.78, 5) is 27.7. The number of anilines is 2. The van der Waals surface area contributed by atoms with E-state index in [4.69, 9.17) is 21.3 Å². The topological polar surface area (TPSA) is 80.2 Å². The van der Waals surface area contributed by atoms with Crippen LogP contribution >= 0.6 is 11.6 Å².